The van der Waals surface area contributed by atoms with E-state index >= 15 is 0 Å². The number of carbonyl (C=O) groups is 2. The molecular formula is C16H19N3O3S. The third-order valence-corrected chi connectivity index (χ3v) is 3.75. The smallest absolute Gasteiger partial charge is 0.261 e. The van der Waals surface area contributed by atoms with Crippen LogP contribution in [0.4, 0.5) is 5.13 Å². The summed E-state index contributed by atoms with van der Waals surface area (Å²) >= 11 is 1.37. The number of benzene rings is 1. The molecule has 0 saturated heterocycles. The molecule has 0 radical (unpaired) electrons. The lowest BCUT2D eigenvalue weighted by Gasteiger charge is -2.14. The van der Waals surface area contributed by atoms with Crippen LogP contribution in [-0.2, 0) is 10.2 Å². The zero-order valence-corrected chi connectivity index (χ0v) is 14.1. The first-order chi connectivity index (χ1) is 10.8. The molecule has 6 nitrogen and oxygen atoms in total. The molecule has 0 saturated carbocycles. The van der Waals surface area contributed by atoms with E-state index in [9.17, 15) is 9.59 Å². The van der Waals surface area contributed by atoms with Crippen molar-refractivity contribution in [2.24, 2.45) is 5.73 Å². The third kappa shape index (κ3) is 4.53. The molecule has 0 atom stereocenters. The second kappa shape index (κ2) is 6.78. The highest BCUT2D eigenvalue weighted by molar-refractivity contribution is 7.14. The van der Waals surface area contributed by atoms with E-state index in [4.69, 9.17) is 10.5 Å². The zero-order chi connectivity index (χ0) is 17.0. The van der Waals surface area contributed by atoms with Gasteiger partial charge in [-0.15, -0.1) is 11.3 Å². The fourth-order valence-electron chi connectivity index (χ4n) is 1.77. The van der Waals surface area contributed by atoms with Gasteiger partial charge in [-0.25, -0.2) is 4.98 Å². The van der Waals surface area contributed by atoms with E-state index in [0.29, 0.717) is 16.4 Å². The van der Waals surface area contributed by atoms with Gasteiger partial charge in [0.05, 0.1) is 11.3 Å². The van der Waals surface area contributed by atoms with Crippen LogP contribution in [0.1, 0.15) is 36.8 Å². The lowest BCUT2D eigenvalue weighted by Crippen LogP contribution is -2.21. The number of hydrogen-bond acceptors (Lipinski definition) is 5. The van der Waals surface area contributed by atoms with Gasteiger partial charge < -0.3 is 10.5 Å². The topological polar surface area (TPSA) is 94.3 Å². The summed E-state index contributed by atoms with van der Waals surface area (Å²) in [5.74, 6) is -0.647. The third-order valence-electron chi connectivity index (χ3n) is 2.99. The second-order valence-corrected chi connectivity index (χ2v) is 6.85. The van der Waals surface area contributed by atoms with Gasteiger partial charge in [0.15, 0.2) is 11.7 Å². The first kappa shape index (κ1) is 17.0. The van der Waals surface area contributed by atoms with Crippen LogP contribution >= 0.6 is 11.3 Å². The first-order valence-corrected chi connectivity index (χ1v) is 7.93. The predicted molar refractivity (Wildman–Crippen MR) is 89.9 cm³/mol. The van der Waals surface area contributed by atoms with Crippen LogP contribution in [0.25, 0.3) is 0 Å². The van der Waals surface area contributed by atoms with E-state index in [2.05, 4.69) is 31.1 Å². The lowest BCUT2D eigenvalue weighted by atomic mass is 9.93. The number of carbonyl (C=O) groups excluding carboxylic acids is 2. The summed E-state index contributed by atoms with van der Waals surface area (Å²) in [5.41, 5.74) is 6.21. The molecular weight excluding hydrogens is 314 g/mol. The Bertz CT molecular complexity index is 719. The summed E-state index contributed by atoms with van der Waals surface area (Å²) in [6, 6.07) is 6.66. The quantitative estimate of drug-likeness (QED) is 0.879. The molecule has 1 aromatic carbocycles. The van der Waals surface area contributed by atoms with Crippen molar-refractivity contribution >= 4 is 28.3 Å². The summed E-state index contributed by atoms with van der Waals surface area (Å²) in [6.45, 7) is 5.89. The average molecular weight is 333 g/mol. The van der Waals surface area contributed by atoms with Crippen molar-refractivity contribution in [3.8, 4) is 5.75 Å². The van der Waals surface area contributed by atoms with Gasteiger partial charge in [-0.05, 0) is 12.1 Å². The number of hydrogen-bond donors (Lipinski definition) is 2. The van der Waals surface area contributed by atoms with E-state index in [-0.39, 0.29) is 17.9 Å². The van der Waals surface area contributed by atoms with Gasteiger partial charge in [0.2, 0.25) is 0 Å². The molecule has 2 amide bonds. The molecule has 0 spiro atoms. The van der Waals surface area contributed by atoms with Crippen LogP contribution in [-0.4, -0.2) is 23.4 Å². The number of nitrogens with zero attached hydrogens (tertiary/aromatic N) is 1. The molecule has 122 valence electrons. The Morgan fingerprint density at radius 1 is 1.30 bits per heavy atom. The SMILES string of the molecule is CC(C)(C)c1csc(NC(=O)c2ccccc2OCC(N)=O)n1. The van der Waals surface area contributed by atoms with Gasteiger partial charge >= 0.3 is 0 Å². The number of aromatic nitrogens is 1. The maximum atomic E-state index is 12.4. The minimum atomic E-state index is -0.602. The molecule has 2 rings (SSSR count). The Balaban J connectivity index is 2.15. The van der Waals surface area contributed by atoms with Crippen LogP contribution in [0.2, 0.25) is 0 Å². The Morgan fingerprint density at radius 3 is 2.61 bits per heavy atom. The minimum Gasteiger partial charge on any atom is -0.483 e. The molecule has 1 heterocycles. The Labute approximate surface area is 138 Å². The zero-order valence-electron chi connectivity index (χ0n) is 13.3. The van der Waals surface area contributed by atoms with E-state index in [1.54, 1.807) is 24.3 Å². The molecule has 23 heavy (non-hydrogen) atoms. The van der Waals surface area contributed by atoms with E-state index < -0.39 is 5.91 Å². The molecule has 0 unspecified atom stereocenters. The number of amides is 2. The highest BCUT2D eigenvalue weighted by Crippen LogP contribution is 2.27. The number of nitrogens with two attached hydrogens (primary N) is 1. The van der Waals surface area contributed by atoms with Crippen LogP contribution in [0.5, 0.6) is 5.75 Å². The summed E-state index contributed by atoms with van der Waals surface area (Å²) < 4.78 is 5.26. The van der Waals surface area contributed by atoms with Gasteiger partial charge in [-0.1, -0.05) is 32.9 Å². The molecule has 0 aliphatic carbocycles. The Morgan fingerprint density at radius 2 is 2.00 bits per heavy atom. The van der Waals surface area contributed by atoms with Crippen molar-refractivity contribution in [2.75, 3.05) is 11.9 Å². The highest BCUT2D eigenvalue weighted by Gasteiger charge is 2.19. The van der Waals surface area contributed by atoms with E-state index in [0.717, 1.165) is 5.69 Å². The fraction of sp³-hybridized carbons (Fsp3) is 0.312. The normalized spacial score (nSPS) is 11.1. The molecule has 1 aromatic heterocycles. The molecule has 0 bridgehead atoms. The van der Waals surface area contributed by atoms with Crippen molar-refractivity contribution in [1.82, 2.24) is 4.98 Å². The summed E-state index contributed by atoms with van der Waals surface area (Å²) in [4.78, 5) is 27.7. The molecule has 0 aliphatic heterocycles. The Kier molecular flexibility index (Phi) is 5.00. The number of ether oxygens (including phenoxy) is 1. The number of rotatable bonds is 5. The number of thiazole rings is 1. The average Bonchev–Trinajstić information content (AvgIpc) is 2.94. The number of para-hydroxylation sites is 1. The monoisotopic (exact) mass is 333 g/mol. The molecule has 3 N–H and O–H groups in total. The van der Waals surface area contributed by atoms with Gasteiger partial charge in [0.25, 0.3) is 11.8 Å². The van der Waals surface area contributed by atoms with Crippen LogP contribution in [0, 0.1) is 0 Å². The maximum absolute atomic E-state index is 12.4. The van der Waals surface area contributed by atoms with Crippen LogP contribution < -0.4 is 15.8 Å². The van der Waals surface area contributed by atoms with Gasteiger partial charge in [0.1, 0.15) is 5.75 Å². The van der Waals surface area contributed by atoms with Crippen molar-refractivity contribution in [1.29, 1.82) is 0 Å². The summed E-state index contributed by atoms with van der Waals surface area (Å²) in [6.07, 6.45) is 0. The molecule has 0 aliphatic rings. The first-order valence-electron chi connectivity index (χ1n) is 7.05. The van der Waals surface area contributed by atoms with Gasteiger partial charge in [-0.2, -0.15) is 0 Å². The molecule has 2 aromatic rings. The van der Waals surface area contributed by atoms with Gasteiger partial charge in [-0.3, -0.25) is 14.9 Å². The highest BCUT2D eigenvalue weighted by atomic mass is 32.1. The van der Waals surface area contributed by atoms with Crippen LogP contribution in [0.3, 0.4) is 0 Å². The maximum Gasteiger partial charge on any atom is 0.261 e. The van der Waals surface area contributed by atoms with Crippen LogP contribution in [0.15, 0.2) is 29.6 Å². The fourth-order valence-corrected chi connectivity index (χ4v) is 2.70. The predicted octanol–water partition coefficient (Wildman–Crippen LogP) is 2.56. The lowest BCUT2D eigenvalue weighted by molar-refractivity contribution is -0.119. The Hall–Kier alpha value is -2.41. The number of anilines is 1. The van der Waals surface area contributed by atoms with Gasteiger partial charge in [0, 0.05) is 10.8 Å². The van der Waals surface area contributed by atoms with Crippen molar-refractivity contribution in [3.63, 3.8) is 0 Å². The van der Waals surface area contributed by atoms with Crippen molar-refractivity contribution in [3.05, 3.63) is 40.9 Å². The molecule has 7 heteroatoms. The second-order valence-electron chi connectivity index (χ2n) is 5.99. The summed E-state index contributed by atoms with van der Waals surface area (Å²) in [5, 5.41) is 5.19. The number of primary amides is 1. The van der Waals surface area contributed by atoms with Crippen molar-refractivity contribution < 1.29 is 14.3 Å². The van der Waals surface area contributed by atoms with E-state index in [1.807, 2.05) is 5.38 Å². The number of nitrogens with one attached hydrogen (secondary N) is 1. The minimum absolute atomic E-state index is 0.0814. The van der Waals surface area contributed by atoms with E-state index in [1.165, 1.54) is 11.3 Å². The van der Waals surface area contributed by atoms with Crippen molar-refractivity contribution in [2.45, 2.75) is 26.2 Å². The standard InChI is InChI=1S/C16H19N3O3S/c1-16(2,3)12-9-23-15(18-12)19-14(21)10-6-4-5-7-11(10)22-8-13(17)20/h4-7,9H,8H2,1-3H3,(H2,17,20)(H,18,19,21). The summed E-state index contributed by atoms with van der Waals surface area (Å²) in [7, 11) is 0. The molecule has 0 fully saturated rings. The largest absolute Gasteiger partial charge is 0.483 e.